The van der Waals surface area contributed by atoms with E-state index in [0.29, 0.717) is 17.4 Å². The quantitative estimate of drug-likeness (QED) is 0.864. The first-order valence-corrected chi connectivity index (χ1v) is 7.51. The molecule has 7 nitrogen and oxygen atoms in total. The molecule has 2 aliphatic rings. The summed E-state index contributed by atoms with van der Waals surface area (Å²) in [5.41, 5.74) is 0.611. The molecular formula is C12H15N3O4S. The maximum Gasteiger partial charge on any atom is 0.327 e. The molecule has 108 valence electrons. The van der Waals surface area contributed by atoms with Crippen molar-refractivity contribution in [3.05, 3.63) is 18.0 Å². The lowest BCUT2D eigenvalue weighted by molar-refractivity contribution is -0.141. The minimum Gasteiger partial charge on any atom is -0.480 e. The van der Waals surface area contributed by atoms with Crippen molar-refractivity contribution in [1.29, 1.82) is 0 Å². The molecule has 0 bridgehead atoms. The summed E-state index contributed by atoms with van der Waals surface area (Å²) in [4.78, 5) is 25.0. The molecule has 0 radical (unpaired) electrons. The van der Waals surface area contributed by atoms with Gasteiger partial charge in [-0.05, 0) is 18.8 Å². The Morgan fingerprint density at radius 3 is 2.95 bits per heavy atom. The smallest absolute Gasteiger partial charge is 0.327 e. The molecule has 8 heteroatoms. The van der Waals surface area contributed by atoms with Gasteiger partial charge in [0, 0.05) is 11.8 Å². The van der Waals surface area contributed by atoms with E-state index < -0.39 is 12.0 Å². The second kappa shape index (κ2) is 5.35. The maximum absolute atomic E-state index is 12.3. The van der Waals surface area contributed by atoms with Gasteiger partial charge in [0.25, 0.3) is 0 Å². The van der Waals surface area contributed by atoms with Crippen molar-refractivity contribution in [3.63, 3.8) is 0 Å². The molecule has 1 aliphatic heterocycles. The third-order valence-electron chi connectivity index (χ3n) is 3.49. The molecule has 1 saturated heterocycles. The fourth-order valence-corrected chi connectivity index (χ4v) is 3.94. The first kappa shape index (κ1) is 13.3. The molecule has 3 rings (SSSR count). The Hall–Kier alpha value is -1.70. The van der Waals surface area contributed by atoms with Gasteiger partial charge in [-0.25, -0.2) is 9.59 Å². The SMILES string of the molecule is O=C(O)C1CSC(C2CC2)N1C(=O)NCc1ccon1. The zero-order chi connectivity index (χ0) is 14.1. The van der Waals surface area contributed by atoms with Crippen molar-refractivity contribution >= 4 is 23.8 Å². The normalized spacial score (nSPS) is 25.7. The van der Waals surface area contributed by atoms with Gasteiger partial charge in [-0.15, -0.1) is 11.8 Å². The summed E-state index contributed by atoms with van der Waals surface area (Å²) >= 11 is 1.56. The Kier molecular flexibility index (Phi) is 3.56. The Morgan fingerprint density at radius 2 is 2.35 bits per heavy atom. The summed E-state index contributed by atoms with van der Waals surface area (Å²) in [5, 5.41) is 15.6. The van der Waals surface area contributed by atoms with Gasteiger partial charge in [0.1, 0.15) is 18.0 Å². The van der Waals surface area contributed by atoms with Crippen LogP contribution in [0.4, 0.5) is 4.79 Å². The zero-order valence-electron chi connectivity index (χ0n) is 10.7. The number of urea groups is 1. The van der Waals surface area contributed by atoms with Crippen LogP contribution in [0, 0.1) is 5.92 Å². The standard InChI is InChI=1S/C12H15N3O4S/c16-11(17)9-6-20-10(7-1-2-7)15(9)12(18)13-5-8-3-4-19-14-8/h3-4,7,9-10H,1-2,5-6H2,(H,13,18)(H,16,17). The highest BCUT2D eigenvalue weighted by atomic mass is 32.2. The Bertz CT molecular complexity index is 503. The molecule has 2 amide bonds. The van der Waals surface area contributed by atoms with Gasteiger partial charge in [-0.2, -0.15) is 0 Å². The number of carbonyl (C=O) groups is 2. The summed E-state index contributed by atoms with van der Waals surface area (Å²) in [6, 6.07) is 0.566. The molecule has 1 saturated carbocycles. The van der Waals surface area contributed by atoms with Gasteiger partial charge >= 0.3 is 12.0 Å². The van der Waals surface area contributed by atoms with Gasteiger partial charge in [0.2, 0.25) is 0 Å². The van der Waals surface area contributed by atoms with Crippen molar-refractivity contribution < 1.29 is 19.2 Å². The van der Waals surface area contributed by atoms with E-state index in [1.165, 1.54) is 11.2 Å². The van der Waals surface area contributed by atoms with Crippen molar-refractivity contribution in [2.75, 3.05) is 5.75 Å². The number of nitrogens with one attached hydrogen (secondary N) is 1. The van der Waals surface area contributed by atoms with E-state index in [-0.39, 0.29) is 17.9 Å². The minimum absolute atomic E-state index is 0.0200. The lowest BCUT2D eigenvalue weighted by Gasteiger charge is -2.27. The first-order chi connectivity index (χ1) is 9.66. The van der Waals surface area contributed by atoms with E-state index in [1.807, 2.05) is 0 Å². The Balaban J connectivity index is 1.67. The number of amides is 2. The van der Waals surface area contributed by atoms with Crippen LogP contribution in [0.5, 0.6) is 0 Å². The third-order valence-corrected chi connectivity index (χ3v) is 4.95. The fourth-order valence-electron chi connectivity index (χ4n) is 2.31. The molecule has 0 spiro atoms. The molecule has 1 aliphatic carbocycles. The van der Waals surface area contributed by atoms with Gasteiger partial charge in [0.05, 0.1) is 11.9 Å². The second-order valence-electron chi connectivity index (χ2n) is 4.97. The number of carboxylic acid groups (broad SMARTS) is 1. The van der Waals surface area contributed by atoms with Crippen LogP contribution in [0.1, 0.15) is 18.5 Å². The highest BCUT2D eigenvalue weighted by Gasteiger charge is 2.48. The van der Waals surface area contributed by atoms with E-state index in [4.69, 9.17) is 0 Å². The number of hydrogen-bond acceptors (Lipinski definition) is 5. The molecule has 2 unspecified atom stereocenters. The van der Waals surface area contributed by atoms with E-state index in [2.05, 4.69) is 15.0 Å². The summed E-state index contributed by atoms with van der Waals surface area (Å²) in [7, 11) is 0. The van der Waals surface area contributed by atoms with Gasteiger partial charge in [-0.1, -0.05) is 5.16 Å². The third kappa shape index (κ3) is 2.60. The average molecular weight is 297 g/mol. The van der Waals surface area contributed by atoms with E-state index >= 15 is 0 Å². The molecule has 2 heterocycles. The minimum atomic E-state index is -0.947. The molecule has 20 heavy (non-hydrogen) atoms. The van der Waals surface area contributed by atoms with Crippen LogP contribution < -0.4 is 5.32 Å². The van der Waals surface area contributed by atoms with Crippen molar-refractivity contribution in [1.82, 2.24) is 15.4 Å². The van der Waals surface area contributed by atoms with Crippen LogP contribution >= 0.6 is 11.8 Å². The molecule has 2 N–H and O–H groups in total. The number of nitrogens with zero attached hydrogens (tertiary/aromatic N) is 2. The van der Waals surface area contributed by atoms with Crippen molar-refractivity contribution in [2.45, 2.75) is 30.8 Å². The Labute approximate surface area is 119 Å². The molecule has 0 aromatic carbocycles. The molecule has 1 aromatic heterocycles. The van der Waals surface area contributed by atoms with Crippen molar-refractivity contribution in [2.24, 2.45) is 5.92 Å². The van der Waals surface area contributed by atoms with Crippen molar-refractivity contribution in [3.8, 4) is 0 Å². The lowest BCUT2D eigenvalue weighted by Crippen LogP contribution is -2.50. The van der Waals surface area contributed by atoms with Crippen LogP contribution in [0.3, 0.4) is 0 Å². The van der Waals surface area contributed by atoms with Crippen LogP contribution in [0.25, 0.3) is 0 Å². The van der Waals surface area contributed by atoms with E-state index in [1.54, 1.807) is 17.8 Å². The number of carbonyl (C=O) groups excluding carboxylic acids is 1. The summed E-state index contributed by atoms with van der Waals surface area (Å²) in [6.45, 7) is 0.236. The number of hydrogen-bond donors (Lipinski definition) is 2. The van der Waals surface area contributed by atoms with E-state index in [9.17, 15) is 14.7 Å². The molecule has 2 atom stereocenters. The highest BCUT2D eigenvalue weighted by molar-refractivity contribution is 8.00. The van der Waals surface area contributed by atoms with Gasteiger partial charge < -0.3 is 14.9 Å². The number of aromatic nitrogens is 1. The largest absolute Gasteiger partial charge is 0.480 e. The lowest BCUT2D eigenvalue weighted by atomic mass is 10.2. The molecular weight excluding hydrogens is 282 g/mol. The summed E-state index contributed by atoms with van der Waals surface area (Å²) in [6.07, 6.45) is 3.56. The zero-order valence-corrected chi connectivity index (χ0v) is 11.5. The predicted molar refractivity (Wildman–Crippen MR) is 71.0 cm³/mol. The van der Waals surface area contributed by atoms with Crippen LogP contribution in [0.15, 0.2) is 16.9 Å². The van der Waals surface area contributed by atoms with Gasteiger partial charge in [-0.3, -0.25) is 4.90 Å². The number of thioether (sulfide) groups is 1. The molecule has 1 aromatic rings. The topological polar surface area (TPSA) is 95.7 Å². The number of aliphatic carboxylic acids is 1. The molecule has 2 fully saturated rings. The fraction of sp³-hybridized carbons (Fsp3) is 0.583. The average Bonchev–Trinajstić information content (AvgIpc) is 2.97. The van der Waals surface area contributed by atoms with Gasteiger partial charge in [0.15, 0.2) is 0 Å². The monoisotopic (exact) mass is 297 g/mol. The van der Waals surface area contributed by atoms with Crippen LogP contribution in [-0.4, -0.2) is 44.3 Å². The first-order valence-electron chi connectivity index (χ1n) is 6.46. The maximum atomic E-state index is 12.3. The highest BCUT2D eigenvalue weighted by Crippen LogP contribution is 2.45. The second-order valence-corrected chi connectivity index (χ2v) is 6.12. The summed E-state index contributed by atoms with van der Waals surface area (Å²) in [5.74, 6) is -0.0622. The predicted octanol–water partition coefficient (Wildman–Crippen LogP) is 1.12. The van der Waals surface area contributed by atoms with Crippen LogP contribution in [0.2, 0.25) is 0 Å². The number of carboxylic acids is 1. The van der Waals surface area contributed by atoms with E-state index in [0.717, 1.165) is 12.8 Å². The Morgan fingerprint density at radius 1 is 1.55 bits per heavy atom. The number of rotatable bonds is 4. The summed E-state index contributed by atoms with van der Waals surface area (Å²) < 4.78 is 4.69. The van der Waals surface area contributed by atoms with Crippen LogP contribution in [-0.2, 0) is 11.3 Å².